The molecule has 3 nitrogen and oxygen atoms in total. The summed E-state index contributed by atoms with van der Waals surface area (Å²) in [6.07, 6.45) is 2.18. The maximum atomic E-state index is 13.4. The van der Waals surface area contributed by atoms with E-state index in [1.54, 1.807) is 7.11 Å². The molecule has 0 aromatic heterocycles. The highest BCUT2D eigenvalue weighted by Gasteiger charge is 2.26. The fourth-order valence-electron chi connectivity index (χ4n) is 3.02. The molecule has 0 radical (unpaired) electrons. The van der Waals surface area contributed by atoms with Gasteiger partial charge in [0.15, 0.2) is 0 Å². The molecule has 1 saturated heterocycles. The van der Waals surface area contributed by atoms with Crippen LogP contribution in [-0.2, 0) is 4.74 Å². The average Bonchev–Trinajstić information content (AvgIpc) is 2.39. The summed E-state index contributed by atoms with van der Waals surface area (Å²) in [4.78, 5) is 2.21. The van der Waals surface area contributed by atoms with Crippen molar-refractivity contribution in [1.82, 2.24) is 4.90 Å². The Balaban J connectivity index is 2.14. The molecule has 0 saturated carbocycles. The molecule has 0 spiro atoms. The van der Waals surface area contributed by atoms with E-state index in [1.807, 2.05) is 0 Å². The molecule has 5 heteroatoms. The van der Waals surface area contributed by atoms with Gasteiger partial charge in [0, 0.05) is 32.3 Å². The number of halogens is 2. The van der Waals surface area contributed by atoms with Crippen molar-refractivity contribution in [2.24, 2.45) is 11.7 Å². The summed E-state index contributed by atoms with van der Waals surface area (Å²) >= 11 is 0. The van der Waals surface area contributed by atoms with Gasteiger partial charge < -0.3 is 10.5 Å². The fraction of sp³-hybridized carbons (Fsp3) is 0.600. The number of benzene rings is 1. The summed E-state index contributed by atoms with van der Waals surface area (Å²) in [6, 6.07) is 3.50. The van der Waals surface area contributed by atoms with E-state index >= 15 is 0 Å². The summed E-state index contributed by atoms with van der Waals surface area (Å²) in [7, 11) is 1.70. The van der Waals surface area contributed by atoms with Crippen LogP contribution in [0, 0.1) is 17.6 Å². The third kappa shape index (κ3) is 3.75. The van der Waals surface area contributed by atoms with Crippen molar-refractivity contribution >= 4 is 0 Å². The quantitative estimate of drug-likeness (QED) is 0.902. The van der Waals surface area contributed by atoms with Crippen LogP contribution in [-0.4, -0.2) is 38.3 Å². The van der Waals surface area contributed by atoms with E-state index in [2.05, 4.69) is 4.90 Å². The lowest BCUT2D eigenvalue weighted by atomic mass is 9.95. The van der Waals surface area contributed by atoms with Crippen LogP contribution >= 0.6 is 0 Å². The number of hydrogen-bond donors (Lipinski definition) is 1. The molecule has 1 heterocycles. The Kier molecular flexibility index (Phi) is 5.46. The summed E-state index contributed by atoms with van der Waals surface area (Å²) in [6.45, 7) is 2.82. The fourth-order valence-corrected chi connectivity index (χ4v) is 3.02. The molecular weight excluding hydrogens is 262 g/mol. The Morgan fingerprint density at radius 3 is 2.65 bits per heavy atom. The third-order valence-corrected chi connectivity index (χ3v) is 3.89. The molecule has 1 aliphatic heterocycles. The van der Waals surface area contributed by atoms with Gasteiger partial charge in [-0.15, -0.1) is 0 Å². The summed E-state index contributed by atoms with van der Waals surface area (Å²) in [5, 5.41) is 0. The van der Waals surface area contributed by atoms with E-state index < -0.39 is 11.6 Å². The molecular formula is C15H22F2N2O. The van der Waals surface area contributed by atoms with E-state index in [4.69, 9.17) is 10.5 Å². The second-order valence-electron chi connectivity index (χ2n) is 5.41. The Bertz CT molecular complexity index is 420. The molecule has 0 aliphatic carbocycles. The van der Waals surface area contributed by atoms with Gasteiger partial charge in [-0.3, -0.25) is 4.90 Å². The second kappa shape index (κ2) is 7.11. The van der Waals surface area contributed by atoms with Crippen LogP contribution in [0.4, 0.5) is 8.78 Å². The van der Waals surface area contributed by atoms with Crippen molar-refractivity contribution in [3.63, 3.8) is 0 Å². The first-order valence-electron chi connectivity index (χ1n) is 7.03. The minimum Gasteiger partial charge on any atom is -0.384 e. The molecule has 2 N–H and O–H groups in total. The average molecular weight is 284 g/mol. The molecule has 2 unspecified atom stereocenters. The topological polar surface area (TPSA) is 38.5 Å². The van der Waals surface area contributed by atoms with Crippen LogP contribution < -0.4 is 5.73 Å². The molecule has 2 atom stereocenters. The van der Waals surface area contributed by atoms with Crippen molar-refractivity contribution in [2.45, 2.75) is 18.9 Å². The summed E-state index contributed by atoms with van der Waals surface area (Å²) < 4.78 is 31.9. The minimum absolute atomic E-state index is 0.139. The molecule has 1 fully saturated rings. The lowest BCUT2D eigenvalue weighted by Crippen LogP contribution is -2.42. The lowest BCUT2D eigenvalue weighted by molar-refractivity contribution is 0.0695. The Morgan fingerprint density at radius 1 is 1.35 bits per heavy atom. The zero-order valence-corrected chi connectivity index (χ0v) is 11.8. The van der Waals surface area contributed by atoms with Gasteiger partial charge in [0.2, 0.25) is 0 Å². The van der Waals surface area contributed by atoms with Gasteiger partial charge in [-0.05, 0) is 43.0 Å². The lowest BCUT2D eigenvalue weighted by Gasteiger charge is -2.38. The van der Waals surface area contributed by atoms with Crippen LogP contribution in [0.3, 0.4) is 0 Å². The van der Waals surface area contributed by atoms with Crippen molar-refractivity contribution in [1.29, 1.82) is 0 Å². The minimum atomic E-state index is -0.552. The van der Waals surface area contributed by atoms with Crippen molar-refractivity contribution in [2.75, 3.05) is 33.4 Å². The van der Waals surface area contributed by atoms with Gasteiger partial charge >= 0.3 is 0 Å². The first-order chi connectivity index (χ1) is 9.63. The smallest absolute Gasteiger partial charge is 0.126 e. The zero-order chi connectivity index (χ0) is 14.5. The second-order valence-corrected chi connectivity index (χ2v) is 5.41. The number of rotatable bonds is 5. The van der Waals surface area contributed by atoms with Crippen LogP contribution in [0.25, 0.3) is 0 Å². The van der Waals surface area contributed by atoms with Crippen LogP contribution in [0.15, 0.2) is 18.2 Å². The Morgan fingerprint density at radius 2 is 2.05 bits per heavy atom. The highest BCUT2D eigenvalue weighted by molar-refractivity contribution is 5.22. The molecule has 2 rings (SSSR count). The molecule has 20 heavy (non-hydrogen) atoms. The standard InChI is InChI=1S/C15H22F2N2O/c1-20-10-11-3-2-4-19(9-11)15(8-18)12-5-13(16)7-14(17)6-12/h5-7,11,15H,2-4,8-10,18H2,1H3. The first kappa shape index (κ1) is 15.4. The molecule has 0 bridgehead atoms. The Hall–Kier alpha value is -1.04. The van der Waals surface area contributed by atoms with Gasteiger partial charge in [-0.25, -0.2) is 8.78 Å². The number of likely N-dealkylation sites (tertiary alicyclic amines) is 1. The summed E-state index contributed by atoms with van der Waals surface area (Å²) in [5.74, 6) is -0.644. The van der Waals surface area contributed by atoms with Gasteiger partial charge in [-0.2, -0.15) is 0 Å². The first-order valence-corrected chi connectivity index (χ1v) is 7.03. The monoisotopic (exact) mass is 284 g/mol. The molecule has 1 aromatic rings. The highest BCUT2D eigenvalue weighted by Crippen LogP contribution is 2.27. The van der Waals surface area contributed by atoms with E-state index in [0.29, 0.717) is 24.6 Å². The zero-order valence-electron chi connectivity index (χ0n) is 11.8. The number of methoxy groups -OCH3 is 1. The van der Waals surface area contributed by atoms with Crippen molar-refractivity contribution in [3.05, 3.63) is 35.4 Å². The van der Waals surface area contributed by atoms with Gasteiger partial charge in [0.05, 0.1) is 6.61 Å². The molecule has 1 aliphatic rings. The molecule has 112 valence electrons. The van der Waals surface area contributed by atoms with E-state index in [-0.39, 0.29) is 6.04 Å². The van der Waals surface area contributed by atoms with Gasteiger partial charge in [-0.1, -0.05) is 0 Å². The van der Waals surface area contributed by atoms with Crippen molar-refractivity contribution < 1.29 is 13.5 Å². The number of nitrogens with zero attached hydrogens (tertiary/aromatic N) is 1. The van der Waals surface area contributed by atoms with E-state index in [0.717, 1.165) is 32.0 Å². The normalized spacial score (nSPS) is 21.9. The highest BCUT2D eigenvalue weighted by atomic mass is 19.1. The number of hydrogen-bond acceptors (Lipinski definition) is 3. The maximum absolute atomic E-state index is 13.4. The predicted octanol–water partition coefficient (Wildman–Crippen LogP) is 2.32. The maximum Gasteiger partial charge on any atom is 0.126 e. The third-order valence-electron chi connectivity index (χ3n) is 3.89. The summed E-state index contributed by atoms with van der Waals surface area (Å²) in [5.41, 5.74) is 6.45. The van der Waals surface area contributed by atoms with Gasteiger partial charge in [0.1, 0.15) is 11.6 Å². The largest absolute Gasteiger partial charge is 0.384 e. The number of ether oxygens (including phenoxy) is 1. The van der Waals surface area contributed by atoms with Crippen LogP contribution in [0.5, 0.6) is 0 Å². The Labute approximate surface area is 118 Å². The molecule has 0 amide bonds. The predicted molar refractivity (Wildman–Crippen MR) is 74.3 cm³/mol. The SMILES string of the molecule is COCC1CCCN(C(CN)c2cc(F)cc(F)c2)C1. The number of nitrogens with two attached hydrogens (primary N) is 1. The molecule has 1 aromatic carbocycles. The van der Waals surface area contributed by atoms with Crippen LogP contribution in [0.2, 0.25) is 0 Å². The van der Waals surface area contributed by atoms with Crippen LogP contribution in [0.1, 0.15) is 24.4 Å². The number of piperidine rings is 1. The van der Waals surface area contributed by atoms with E-state index in [9.17, 15) is 8.78 Å². The van der Waals surface area contributed by atoms with E-state index in [1.165, 1.54) is 12.1 Å². The van der Waals surface area contributed by atoms with Gasteiger partial charge in [0.25, 0.3) is 0 Å². The van der Waals surface area contributed by atoms with Crippen molar-refractivity contribution in [3.8, 4) is 0 Å².